The van der Waals surface area contributed by atoms with Crippen molar-refractivity contribution in [2.75, 3.05) is 7.11 Å². The van der Waals surface area contributed by atoms with Crippen molar-refractivity contribution >= 4 is 11.3 Å². The minimum atomic E-state index is 0.0622. The van der Waals surface area contributed by atoms with E-state index in [9.17, 15) is 4.79 Å². The van der Waals surface area contributed by atoms with Gasteiger partial charge in [0.05, 0.1) is 18.3 Å². The third-order valence-corrected chi connectivity index (χ3v) is 4.70. The number of rotatable bonds is 7. The van der Waals surface area contributed by atoms with Gasteiger partial charge in [0.25, 0.3) is 0 Å². The molecule has 0 aliphatic rings. The smallest absolute Gasteiger partial charge is 0.210 e. The fraction of sp³-hybridized carbons (Fsp3) is 0.318. The fourth-order valence-electron chi connectivity index (χ4n) is 3.26. The van der Waals surface area contributed by atoms with Gasteiger partial charge in [-0.05, 0) is 48.6 Å². The van der Waals surface area contributed by atoms with E-state index in [1.54, 1.807) is 7.11 Å². The zero-order valence-electron chi connectivity index (χ0n) is 15.2. The summed E-state index contributed by atoms with van der Waals surface area (Å²) in [5, 5.41) is 0. The fourth-order valence-corrected chi connectivity index (χ4v) is 3.26. The second-order valence-electron chi connectivity index (χ2n) is 6.33. The normalized spacial score (nSPS) is 11.0. The van der Waals surface area contributed by atoms with Crippen molar-refractivity contribution in [2.24, 2.45) is 0 Å². The Kier molecular flexibility index (Phi) is 5.22. The molecule has 3 nitrogen and oxygen atoms in total. The van der Waals surface area contributed by atoms with Crippen LogP contribution in [0.2, 0.25) is 0 Å². The van der Waals surface area contributed by atoms with Crippen LogP contribution in [0.1, 0.15) is 53.9 Å². The van der Waals surface area contributed by atoms with Gasteiger partial charge in [-0.15, -0.1) is 0 Å². The van der Waals surface area contributed by atoms with E-state index >= 15 is 0 Å². The molecule has 0 unspecified atom stereocenters. The van der Waals surface area contributed by atoms with Gasteiger partial charge < -0.3 is 9.14 Å². The largest absolute Gasteiger partial charge is 0.495 e. The van der Waals surface area contributed by atoms with Gasteiger partial charge in [-0.3, -0.25) is 4.79 Å². The van der Waals surface area contributed by atoms with Crippen LogP contribution >= 0.6 is 0 Å². The number of carbonyl (C=O) groups excluding carboxylic acids is 1. The van der Waals surface area contributed by atoms with E-state index in [0.717, 1.165) is 40.9 Å². The predicted molar refractivity (Wildman–Crippen MR) is 102 cm³/mol. The van der Waals surface area contributed by atoms with Crippen LogP contribution in [0.25, 0.3) is 5.52 Å². The van der Waals surface area contributed by atoms with Crippen molar-refractivity contribution in [3.63, 3.8) is 0 Å². The molecule has 3 rings (SSSR count). The molecule has 0 amide bonds. The van der Waals surface area contributed by atoms with Gasteiger partial charge in [-0.25, -0.2) is 0 Å². The molecular formula is C22H25NO2. The summed E-state index contributed by atoms with van der Waals surface area (Å²) in [5.74, 6) is 0.846. The lowest BCUT2D eigenvalue weighted by atomic mass is 10.0. The monoisotopic (exact) mass is 335 g/mol. The average molecular weight is 335 g/mol. The lowest BCUT2D eigenvalue weighted by Gasteiger charge is -2.08. The summed E-state index contributed by atoms with van der Waals surface area (Å²) in [6, 6.07) is 13.9. The first kappa shape index (κ1) is 17.3. The highest BCUT2D eigenvalue weighted by Gasteiger charge is 2.19. The molecule has 1 aromatic carbocycles. The first-order chi connectivity index (χ1) is 12.2. The van der Waals surface area contributed by atoms with Crippen LogP contribution in [0.4, 0.5) is 0 Å². The maximum atomic E-state index is 13.2. The average Bonchev–Trinajstić information content (AvgIpc) is 3.04. The number of hydrogen-bond acceptors (Lipinski definition) is 2. The molecule has 3 heteroatoms. The molecule has 0 atom stereocenters. The van der Waals surface area contributed by atoms with Gasteiger partial charge in [-0.2, -0.15) is 0 Å². The number of aryl methyl sites for hydroxylation is 2. The minimum Gasteiger partial charge on any atom is -0.495 e. The van der Waals surface area contributed by atoms with Crippen molar-refractivity contribution in [3.05, 3.63) is 71.0 Å². The number of methoxy groups -OCH3 is 1. The summed E-state index contributed by atoms with van der Waals surface area (Å²) in [6.07, 6.45) is 6.16. The highest BCUT2D eigenvalue weighted by atomic mass is 16.5. The van der Waals surface area contributed by atoms with Gasteiger partial charge in [0.1, 0.15) is 5.75 Å². The summed E-state index contributed by atoms with van der Waals surface area (Å²) in [6.45, 7) is 4.27. The number of fused-ring (bicyclic) bond motifs is 1. The van der Waals surface area contributed by atoms with Gasteiger partial charge >= 0.3 is 0 Å². The standard InChI is InChI=1S/C22H25NO2/c1-4-6-8-16-10-12-18(13-11-16)22(24)21-17(5-2)15-19-20(25-3)9-7-14-23(19)21/h7,9-15H,4-6,8H2,1-3H3. The lowest BCUT2D eigenvalue weighted by Crippen LogP contribution is -2.08. The van der Waals surface area contributed by atoms with E-state index in [4.69, 9.17) is 4.74 Å². The zero-order chi connectivity index (χ0) is 17.8. The zero-order valence-corrected chi connectivity index (χ0v) is 15.2. The number of unbranched alkanes of at least 4 members (excludes halogenated alkanes) is 1. The molecule has 0 saturated heterocycles. The first-order valence-corrected chi connectivity index (χ1v) is 9.00. The maximum Gasteiger partial charge on any atom is 0.210 e. The Morgan fingerprint density at radius 2 is 1.88 bits per heavy atom. The van der Waals surface area contributed by atoms with E-state index in [2.05, 4.69) is 32.0 Å². The molecule has 130 valence electrons. The summed E-state index contributed by atoms with van der Waals surface area (Å²) in [5.41, 5.74) is 4.74. The number of carbonyl (C=O) groups is 1. The number of pyridine rings is 1. The second-order valence-corrected chi connectivity index (χ2v) is 6.33. The highest BCUT2D eigenvalue weighted by molar-refractivity contribution is 6.09. The van der Waals surface area contributed by atoms with Crippen molar-refractivity contribution < 1.29 is 9.53 Å². The SMILES string of the molecule is CCCCc1ccc(C(=O)c2c(CC)cc3c(OC)cccn23)cc1. The molecule has 0 aliphatic carbocycles. The van der Waals surface area contributed by atoms with Crippen molar-refractivity contribution in [2.45, 2.75) is 39.5 Å². The minimum absolute atomic E-state index is 0.0622. The Bertz CT molecular complexity index is 875. The number of hydrogen-bond donors (Lipinski definition) is 0. The number of aromatic nitrogens is 1. The van der Waals surface area contributed by atoms with Crippen LogP contribution in [0.5, 0.6) is 5.75 Å². The Morgan fingerprint density at radius 3 is 2.52 bits per heavy atom. The van der Waals surface area contributed by atoms with E-state index in [-0.39, 0.29) is 5.78 Å². The maximum absolute atomic E-state index is 13.2. The molecule has 3 aromatic rings. The molecule has 0 spiro atoms. The van der Waals surface area contributed by atoms with Crippen molar-refractivity contribution in [3.8, 4) is 5.75 Å². The van der Waals surface area contributed by atoms with E-state index < -0.39 is 0 Å². The van der Waals surface area contributed by atoms with Gasteiger partial charge in [-0.1, -0.05) is 44.5 Å². The first-order valence-electron chi connectivity index (χ1n) is 9.00. The molecule has 0 bridgehead atoms. The molecule has 0 radical (unpaired) electrons. The third kappa shape index (κ3) is 3.32. The molecular weight excluding hydrogens is 310 g/mol. The third-order valence-electron chi connectivity index (χ3n) is 4.70. The highest BCUT2D eigenvalue weighted by Crippen LogP contribution is 2.27. The number of ketones is 1. The Hall–Kier alpha value is -2.55. The summed E-state index contributed by atoms with van der Waals surface area (Å²) < 4.78 is 7.40. The molecule has 0 fully saturated rings. The van der Waals surface area contributed by atoms with Crippen LogP contribution in [-0.4, -0.2) is 17.3 Å². The van der Waals surface area contributed by atoms with Crippen LogP contribution in [0, 0.1) is 0 Å². The molecule has 0 saturated carbocycles. The quantitative estimate of drug-likeness (QED) is 0.563. The summed E-state index contributed by atoms with van der Waals surface area (Å²) >= 11 is 0. The van der Waals surface area contributed by atoms with E-state index in [0.29, 0.717) is 0 Å². The predicted octanol–water partition coefficient (Wildman–Crippen LogP) is 5.08. The number of ether oxygens (including phenoxy) is 1. The number of benzene rings is 1. The van der Waals surface area contributed by atoms with Crippen molar-refractivity contribution in [1.29, 1.82) is 0 Å². The molecule has 0 N–H and O–H groups in total. The van der Waals surface area contributed by atoms with Crippen LogP contribution in [0.15, 0.2) is 48.7 Å². The summed E-state index contributed by atoms with van der Waals surface area (Å²) in [4.78, 5) is 13.2. The molecule has 0 aliphatic heterocycles. The van der Waals surface area contributed by atoms with Crippen LogP contribution in [-0.2, 0) is 12.8 Å². The van der Waals surface area contributed by atoms with Crippen LogP contribution < -0.4 is 4.74 Å². The molecule has 25 heavy (non-hydrogen) atoms. The van der Waals surface area contributed by atoms with Crippen molar-refractivity contribution in [1.82, 2.24) is 4.40 Å². The second kappa shape index (κ2) is 7.56. The topological polar surface area (TPSA) is 30.7 Å². The Labute approximate surface area is 149 Å². The lowest BCUT2D eigenvalue weighted by molar-refractivity contribution is 0.103. The Morgan fingerprint density at radius 1 is 1.12 bits per heavy atom. The van der Waals surface area contributed by atoms with Gasteiger partial charge in [0, 0.05) is 11.8 Å². The molecule has 2 heterocycles. The summed E-state index contributed by atoms with van der Waals surface area (Å²) in [7, 11) is 1.66. The number of nitrogens with zero attached hydrogens (tertiary/aromatic N) is 1. The van der Waals surface area contributed by atoms with Gasteiger partial charge in [0.2, 0.25) is 5.78 Å². The van der Waals surface area contributed by atoms with Gasteiger partial charge in [0.15, 0.2) is 0 Å². The molecule has 2 aromatic heterocycles. The van der Waals surface area contributed by atoms with E-state index in [1.807, 2.05) is 34.9 Å². The van der Waals surface area contributed by atoms with Crippen LogP contribution in [0.3, 0.4) is 0 Å². The van der Waals surface area contributed by atoms with E-state index in [1.165, 1.54) is 18.4 Å². The Balaban J connectivity index is 2.02.